The lowest BCUT2D eigenvalue weighted by atomic mass is 10.1. The quantitative estimate of drug-likeness (QED) is 0.682. The van der Waals surface area contributed by atoms with Crippen LogP contribution in [0.4, 0.5) is 0 Å². The van der Waals surface area contributed by atoms with Crippen molar-refractivity contribution in [2.75, 3.05) is 6.61 Å². The predicted octanol–water partition coefficient (Wildman–Crippen LogP) is 2.61. The van der Waals surface area contributed by atoms with Gasteiger partial charge in [0.25, 0.3) is 0 Å². The van der Waals surface area contributed by atoms with Gasteiger partial charge in [-0.15, -0.1) is 0 Å². The van der Waals surface area contributed by atoms with E-state index in [0.717, 1.165) is 17.6 Å². The van der Waals surface area contributed by atoms with Gasteiger partial charge in [0.05, 0.1) is 12.2 Å². The number of rotatable bonds is 4. The van der Waals surface area contributed by atoms with Crippen molar-refractivity contribution < 1.29 is 9.53 Å². The van der Waals surface area contributed by atoms with Crippen LogP contribution >= 0.6 is 0 Å². The number of aldehydes is 1. The molecule has 2 aromatic heterocycles. The fourth-order valence-corrected chi connectivity index (χ4v) is 2.13. The first-order valence-corrected chi connectivity index (χ1v) is 6.35. The molecule has 0 aliphatic rings. The standard InChI is InChI=1S/C15H13N3O2/c1-2-20-12-6-3-5-11(9-12)14-13(10-19)15-16-7-4-8-18(15)17-14/h3-10H,2H2,1H3. The minimum absolute atomic E-state index is 0.485. The molecule has 0 radical (unpaired) electrons. The van der Waals surface area contributed by atoms with Crippen molar-refractivity contribution in [2.45, 2.75) is 6.92 Å². The van der Waals surface area contributed by atoms with Gasteiger partial charge in [-0.1, -0.05) is 12.1 Å². The van der Waals surface area contributed by atoms with Gasteiger partial charge >= 0.3 is 0 Å². The lowest BCUT2D eigenvalue weighted by Gasteiger charge is -2.04. The fourth-order valence-electron chi connectivity index (χ4n) is 2.13. The molecule has 20 heavy (non-hydrogen) atoms. The molecule has 0 amide bonds. The van der Waals surface area contributed by atoms with Gasteiger partial charge in [-0.25, -0.2) is 9.50 Å². The molecule has 0 bridgehead atoms. The van der Waals surface area contributed by atoms with Crippen LogP contribution in [-0.2, 0) is 0 Å². The van der Waals surface area contributed by atoms with Crippen molar-refractivity contribution in [2.24, 2.45) is 0 Å². The van der Waals surface area contributed by atoms with E-state index < -0.39 is 0 Å². The van der Waals surface area contributed by atoms with Crippen LogP contribution < -0.4 is 4.74 Å². The van der Waals surface area contributed by atoms with Crippen LogP contribution in [0.5, 0.6) is 5.75 Å². The zero-order valence-electron chi connectivity index (χ0n) is 11.0. The molecule has 0 spiro atoms. The summed E-state index contributed by atoms with van der Waals surface area (Å²) in [7, 11) is 0. The normalized spacial score (nSPS) is 10.7. The highest BCUT2D eigenvalue weighted by Gasteiger charge is 2.15. The van der Waals surface area contributed by atoms with Gasteiger partial charge in [0.15, 0.2) is 11.9 Å². The Labute approximate surface area is 115 Å². The third-order valence-corrected chi connectivity index (χ3v) is 2.97. The summed E-state index contributed by atoms with van der Waals surface area (Å²) >= 11 is 0. The third kappa shape index (κ3) is 2.03. The maximum atomic E-state index is 11.4. The van der Waals surface area contributed by atoms with E-state index in [0.29, 0.717) is 23.5 Å². The van der Waals surface area contributed by atoms with Gasteiger partial charge in [0, 0.05) is 18.0 Å². The molecule has 0 aliphatic carbocycles. The number of ether oxygens (including phenoxy) is 1. The molecule has 5 nitrogen and oxygen atoms in total. The van der Waals surface area contributed by atoms with Crippen LogP contribution in [0.25, 0.3) is 16.9 Å². The van der Waals surface area contributed by atoms with E-state index >= 15 is 0 Å². The Hall–Kier alpha value is -2.69. The van der Waals surface area contributed by atoms with Gasteiger partial charge in [0.1, 0.15) is 11.4 Å². The van der Waals surface area contributed by atoms with Crippen molar-refractivity contribution in [1.29, 1.82) is 0 Å². The lowest BCUT2D eigenvalue weighted by molar-refractivity contribution is 0.112. The molecule has 0 aliphatic heterocycles. The lowest BCUT2D eigenvalue weighted by Crippen LogP contribution is -1.92. The maximum absolute atomic E-state index is 11.4. The second-order valence-corrected chi connectivity index (χ2v) is 4.23. The average Bonchev–Trinajstić information content (AvgIpc) is 2.86. The zero-order chi connectivity index (χ0) is 13.9. The van der Waals surface area contributed by atoms with E-state index in [2.05, 4.69) is 10.1 Å². The van der Waals surface area contributed by atoms with Crippen molar-refractivity contribution in [3.8, 4) is 17.0 Å². The van der Waals surface area contributed by atoms with E-state index in [1.807, 2.05) is 31.2 Å². The van der Waals surface area contributed by atoms with Crippen molar-refractivity contribution >= 4 is 11.9 Å². The number of nitrogens with zero attached hydrogens (tertiary/aromatic N) is 3. The summed E-state index contributed by atoms with van der Waals surface area (Å²) in [6.45, 7) is 2.52. The Balaban J connectivity index is 2.18. The van der Waals surface area contributed by atoms with Crippen molar-refractivity contribution in [3.05, 3.63) is 48.3 Å². The molecular formula is C15H13N3O2. The average molecular weight is 267 g/mol. The molecule has 3 aromatic rings. The van der Waals surface area contributed by atoms with Gasteiger partial charge < -0.3 is 4.74 Å². The summed E-state index contributed by atoms with van der Waals surface area (Å²) in [5.74, 6) is 0.756. The van der Waals surface area contributed by atoms with Gasteiger partial charge in [-0.2, -0.15) is 5.10 Å². The van der Waals surface area contributed by atoms with Gasteiger partial charge in [-0.3, -0.25) is 4.79 Å². The Bertz CT molecular complexity index is 765. The molecule has 100 valence electrons. The third-order valence-electron chi connectivity index (χ3n) is 2.97. The molecule has 5 heteroatoms. The van der Waals surface area contributed by atoms with Crippen molar-refractivity contribution in [3.63, 3.8) is 0 Å². The first kappa shape index (κ1) is 12.3. The van der Waals surface area contributed by atoms with E-state index in [1.165, 1.54) is 0 Å². The first-order chi connectivity index (χ1) is 9.83. The number of hydrogen-bond acceptors (Lipinski definition) is 4. The van der Waals surface area contributed by atoms with Crippen molar-refractivity contribution in [1.82, 2.24) is 14.6 Å². The number of carbonyl (C=O) groups is 1. The summed E-state index contributed by atoms with van der Waals surface area (Å²) in [5.41, 5.74) is 2.49. The smallest absolute Gasteiger partial charge is 0.166 e. The predicted molar refractivity (Wildman–Crippen MR) is 75.0 cm³/mol. The largest absolute Gasteiger partial charge is 0.494 e. The zero-order valence-corrected chi connectivity index (χ0v) is 11.0. The Morgan fingerprint density at radius 3 is 3.05 bits per heavy atom. The highest BCUT2D eigenvalue weighted by atomic mass is 16.5. The van der Waals surface area contributed by atoms with Gasteiger partial charge in [-0.05, 0) is 25.1 Å². The minimum Gasteiger partial charge on any atom is -0.494 e. The minimum atomic E-state index is 0.485. The number of aromatic nitrogens is 3. The Morgan fingerprint density at radius 1 is 1.35 bits per heavy atom. The fraction of sp³-hybridized carbons (Fsp3) is 0.133. The SMILES string of the molecule is CCOc1cccc(-c2nn3cccnc3c2C=O)c1. The molecule has 0 N–H and O–H groups in total. The summed E-state index contributed by atoms with van der Waals surface area (Å²) in [4.78, 5) is 15.6. The number of carbonyl (C=O) groups excluding carboxylic acids is 1. The van der Waals surface area contributed by atoms with Crippen LogP contribution in [0.2, 0.25) is 0 Å². The van der Waals surface area contributed by atoms with Crippen LogP contribution in [0, 0.1) is 0 Å². The molecule has 0 unspecified atom stereocenters. The molecule has 0 saturated heterocycles. The van der Waals surface area contributed by atoms with E-state index in [9.17, 15) is 4.79 Å². The van der Waals surface area contributed by atoms with Crippen LogP contribution in [0.1, 0.15) is 17.3 Å². The summed E-state index contributed by atoms with van der Waals surface area (Å²) in [5, 5.41) is 4.42. The molecule has 0 saturated carbocycles. The number of hydrogen-bond donors (Lipinski definition) is 0. The Morgan fingerprint density at radius 2 is 2.25 bits per heavy atom. The second kappa shape index (κ2) is 5.13. The molecule has 0 atom stereocenters. The van der Waals surface area contributed by atoms with E-state index in [1.54, 1.807) is 23.0 Å². The van der Waals surface area contributed by atoms with Crippen LogP contribution in [0.15, 0.2) is 42.7 Å². The molecular weight excluding hydrogens is 254 g/mol. The van der Waals surface area contributed by atoms with E-state index in [-0.39, 0.29) is 0 Å². The van der Waals surface area contributed by atoms with Gasteiger partial charge in [0.2, 0.25) is 0 Å². The number of fused-ring (bicyclic) bond motifs is 1. The molecule has 0 fully saturated rings. The summed E-state index contributed by atoms with van der Waals surface area (Å²) in [6.07, 6.45) is 4.20. The second-order valence-electron chi connectivity index (χ2n) is 4.23. The molecule has 3 rings (SSSR count). The molecule has 1 aromatic carbocycles. The monoisotopic (exact) mass is 267 g/mol. The molecule has 2 heterocycles. The highest BCUT2D eigenvalue weighted by Crippen LogP contribution is 2.26. The Kier molecular flexibility index (Phi) is 3.16. The summed E-state index contributed by atoms with van der Waals surface area (Å²) in [6, 6.07) is 9.30. The van der Waals surface area contributed by atoms with Crippen LogP contribution in [0.3, 0.4) is 0 Å². The highest BCUT2D eigenvalue weighted by molar-refractivity contribution is 5.93. The van der Waals surface area contributed by atoms with Crippen LogP contribution in [-0.4, -0.2) is 27.5 Å². The summed E-state index contributed by atoms with van der Waals surface area (Å²) < 4.78 is 7.08. The topological polar surface area (TPSA) is 56.5 Å². The van der Waals surface area contributed by atoms with E-state index in [4.69, 9.17) is 4.74 Å². The maximum Gasteiger partial charge on any atom is 0.166 e. The first-order valence-electron chi connectivity index (χ1n) is 6.35. The number of benzene rings is 1.